The molecule has 3 rings (SSSR count). The van der Waals surface area contributed by atoms with E-state index in [-0.39, 0.29) is 24.1 Å². The second-order valence-electron chi connectivity index (χ2n) is 8.69. The molecule has 0 saturated heterocycles. The first-order valence-corrected chi connectivity index (χ1v) is 15.0. The van der Waals surface area contributed by atoms with Gasteiger partial charge in [-0.3, -0.25) is 9.59 Å². The van der Waals surface area contributed by atoms with Gasteiger partial charge in [0, 0.05) is 45.3 Å². The van der Waals surface area contributed by atoms with Crippen molar-refractivity contribution in [1.29, 1.82) is 0 Å². The number of hydrogen-bond donors (Lipinski definition) is 1. The van der Waals surface area contributed by atoms with Gasteiger partial charge in [0.05, 0.1) is 5.75 Å². The Morgan fingerprint density at radius 1 is 0.946 bits per heavy atom. The molecule has 37 heavy (non-hydrogen) atoms. The van der Waals surface area contributed by atoms with E-state index in [0.29, 0.717) is 34.3 Å². The number of rotatable bonds is 13. The molecule has 1 atom stereocenters. The van der Waals surface area contributed by atoms with Gasteiger partial charge in [-0.05, 0) is 41.8 Å². The first kappa shape index (κ1) is 29.6. The van der Waals surface area contributed by atoms with Crippen LogP contribution in [-0.2, 0) is 28.3 Å². The first-order valence-electron chi connectivity index (χ1n) is 12.2. The molecule has 0 aliphatic heterocycles. The zero-order valence-corrected chi connectivity index (χ0v) is 24.7. The van der Waals surface area contributed by atoms with E-state index in [1.807, 2.05) is 54.6 Å². The summed E-state index contributed by atoms with van der Waals surface area (Å²) in [7, 11) is 0. The van der Waals surface area contributed by atoms with Crippen molar-refractivity contribution in [2.24, 2.45) is 0 Å². The van der Waals surface area contributed by atoms with Gasteiger partial charge < -0.3 is 10.2 Å². The summed E-state index contributed by atoms with van der Waals surface area (Å²) in [6.45, 7) is 2.79. The summed E-state index contributed by atoms with van der Waals surface area (Å²) < 4.78 is 1.01. The molecule has 3 aromatic carbocycles. The molecule has 0 fully saturated rings. The SMILES string of the molecule is CCCCNC(=O)C(Cc1ccccc1)N(Cc1c(Cl)cccc1Cl)C(=O)CSCc1ccc(Br)cc1. The lowest BCUT2D eigenvalue weighted by atomic mass is 10.0. The van der Waals surface area contributed by atoms with Crippen LogP contribution in [0.3, 0.4) is 0 Å². The Bertz CT molecular complexity index is 1140. The minimum atomic E-state index is -0.702. The Kier molecular flexibility index (Phi) is 12.3. The lowest BCUT2D eigenvalue weighted by Gasteiger charge is -2.32. The third-order valence-corrected chi connectivity index (χ3v) is 8.12. The molecule has 0 saturated carbocycles. The van der Waals surface area contributed by atoms with Crippen molar-refractivity contribution >= 4 is 62.7 Å². The summed E-state index contributed by atoms with van der Waals surface area (Å²) in [5.41, 5.74) is 2.74. The average Bonchev–Trinajstić information content (AvgIpc) is 2.89. The van der Waals surface area contributed by atoms with Crippen molar-refractivity contribution in [3.63, 3.8) is 0 Å². The molecule has 0 heterocycles. The Balaban J connectivity index is 1.87. The fraction of sp³-hybridized carbons (Fsp3) is 0.310. The normalized spacial score (nSPS) is 11.7. The van der Waals surface area contributed by atoms with Gasteiger partial charge in [0.25, 0.3) is 0 Å². The lowest BCUT2D eigenvalue weighted by molar-refractivity contribution is -0.139. The molecule has 0 aromatic heterocycles. The van der Waals surface area contributed by atoms with Crippen molar-refractivity contribution in [3.05, 3.63) is 104 Å². The molecule has 0 radical (unpaired) electrons. The molecule has 0 aliphatic rings. The number of nitrogens with zero attached hydrogens (tertiary/aromatic N) is 1. The molecule has 0 bridgehead atoms. The quantitative estimate of drug-likeness (QED) is 0.201. The minimum absolute atomic E-state index is 0.135. The molecular weight excluding hydrogens is 591 g/mol. The maximum absolute atomic E-state index is 13.7. The highest BCUT2D eigenvalue weighted by Gasteiger charge is 2.31. The highest BCUT2D eigenvalue weighted by molar-refractivity contribution is 9.10. The molecule has 4 nitrogen and oxygen atoms in total. The van der Waals surface area contributed by atoms with Crippen molar-refractivity contribution in [2.45, 2.75) is 44.5 Å². The van der Waals surface area contributed by atoms with Gasteiger partial charge >= 0.3 is 0 Å². The van der Waals surface area contributed by atoms with Gasteiger partial charge in [-0.1, -0.05) is 101 Å². The fourth-order valence-corrected chi connectivity index (χ4v) is 5.49. The van der Waals surface area contributed by atoms with E-state index in [4.69, 9.17) is 23.2 Å². The summed E-state index contributed by atoms with van der Waals surface area (Å²) >= 11 is 18.0. The number of benzene rings is 3. The summed E-state index contributed by atoms with van der Waals surface area (Å²) in [5, 5.41) is 3.97. The van der Waals surface area contributed by atoms with Gasteiger partial charge in [-0.15, -0.1) is 11.8 Å². The number of unbranched alkanes of at least 4 members (excludes halogenated alkanes) is 1. The molecule has 8 heteroatoms. The highest BCUT2D eigenvalue weighted by atomic mass is 79.9. The maximum Gasteiger partial charge on any atom is 0.243 e. The third-order valence-electron chi connectivity index (χ3n) is 5.90. The minimum Gasteiger partial charge on any atom is -0.354 e. The zero-order chi connectivity index (χ0) is 26.6. The van der Waals surface area contributed by atoms with Crippen LogP contribution in [0.15, 0.2) is 77.3 Å². The Hall–Kier alpha value is -1.99. The van der Waals surface area contributed by atoms with Crippen molar-refractivity contribution in [3.8, 4) is 0 Å². The van der Waals surface area contributed by atoms with E-state index in [1.54, 1.807) is 23.1 Å². The standard InChI is InChI=1S/C29H31BrCl2N2O2S/c1-2-3-16-33-29(36)27(17-21-8-5-4-6-9-21)34(18-24-25(31)10-7-11-26(24)32)28(35)20-37-19-22-12-14-23(30)15-13-22/h4-15,27H,2-3,16-20H2,1H3,(H,33,36). The van der Waals surface area contributed by atoms with Crippen LogP contribution >= 0.6 is 50.9 Å². The molecule has 0 spiro atoms. The van der Waals surface area contributed by atoms with Crippen LogP contribution in [0.2, 0.25) is 10.0 Å². The third kappa shape index (κ3) is 9.36. The molecule has 196 valence electrons. The molecule has 3 aromatic rings. The van der Waals surface area contributed by atoms with Crippen LogP contribution in [0.1, 0.15) is 36.5 Å². The number of amides is 2. The maximum atomic E-state index is 13.7. The average molecular weight is 622 g/mol. The van der Waals surface area contributed by atoms with E-state index in [1.165, 1.54) is 11.8 Å². The summed E-state index contributed by atoms with van der Waals surface area (Å²) in [5.74, 6) is 0.605. The smallest absolute Gasteiger partial charge is 0.243 e. The zero-order valence-electron chi connectivity index (χ0n) is 20.8. The van der Waals surface area contributed by atoms with Gasteiger partial charge in [-0.25, -0.2) is 0 Å². The van der Waals surface area contributed by atoms with E-state index >= 15 is 0 Å². The summed E-state index contributed by atoms with van der Waals surface area (Å²) in [4.78, 5) is 28.8. The number of hydrogen-bond acceptors (Lipinski definition) is 3. The Morgan fingerprint density at radius 3 is 2.27 bits per heavy atom. The predicted molar refractivity (Wildman–Crippen MR) is 159 cm³/mol. The fourth-order valence-electron chi connectivity index (χ4n) is 3.83. The monoisotopic (exact) mass is 620 g/mol. The molecular formula is C29H31BrCl2N2O2S. The van der Waals surface area contributed by atoms with Gasteiger partial charge in [0.1, 0.15) is 6.04 Å². The topological polar surface area (TPSA) is 49.4 Å². The van der Waals surface area contributed by atoms with Crippen molar-refractivity contribution in [2.75, 3.05) is 12.3 Å². The van der Waals surface area contributed by atoms with E-state index in [0.717, 1.165) is 28.4 Å². The van der Waals surface area contributed by atoms with Crippen LogP contribution < -0.4 is 5.32 Å². The van der Waals surface area contributed by atoms with Crippen molar-refractivity contribution < 1.29 is 9.59 Å². The number of nitrogens with one attached hydrogen (secondary N) is 1. The largest absolute Gasteiger partial charge is 0.354 e. The molecule has 2 amide bonds. The van der Waals surface area contributed by atoms with E-state index in [2.05, 4.69) is 28.2 Å². The van der Waals surface area contributed by atoms with Crippen LogP contribution in [0.4, 0.5) is 0 Å². The molecule has 0 aliphatic carbocycles. The lowest BCUT2D eigenvalue weighted by Crippen LogP contribution is -2.51. The summed E-state index contributed by atoms with van der Waals surface area (Å²) in [6, 6.07) is 22.4. The number of carbonyl (C=O) groups excluding carboxylic acids is 2. The van der Waals surface area contributed by atoms with Crippen molar-refractivity contribution in [1.82, 2.24) is 10.2 Å². The first-order chi connectivity index (χ1) is 17.9. The second-order valence-corrected chi connectivity index (χ2v) is 11.4. The van der Waals surface area contributed by atoms with Crippen LogP contribution in [-0.4, -0.2) is 35.1 Å². The number of thioether (sulfide) groups is 1. The highest BCUT2D eigenvalue weighted by Crippen LogP contribution is 2.28. The Labute approximate surface area is 242 Å². The van der Waals surface area contributed by atoms with E-state index < -0.39 is 6.04 Å². The number of halogens is 3. The van der Waals surface area contributed by atoms with Gasteiger partial charge in [-0.2, -0.15) is 0 Å². The number of carbonyl (C=O) groups is 2. The van der Waals surface area contributed by atoms with Crippen LogP contribution in [0.5, 0.6) is 0 Å². The molecule has 1 N–H and O–H groups in total. The van der Waals surface area contributed by atoms with Crippen LogP contribution in [0.25, 0.3) is 0 Å². The van der Waals surface area contributed by atoms with E-state index in [9.17, 15) is 9.59 Å². The Morgan fingerprint density at radius 2 is 1.62 bits per heavy atom. The second kappa shape index (κ2) is 15.4. The van der Waals surface area contributed by atoms with Gasteiger partial charge in [0.15, 0.2) is 0 Å². The predicted octanol–water partition coefficient (Wildman–Crippen LogP) is 7.55. The van der Waals surface area contributed by atoms with Gasteiger partial charge in [0.2, 0.25) is 11.8 Å². The molecule has 1 unspecified atom stereocenters. The summed E-state index contributed by atoms with van der Waals surface area (Å²) in [6.07, 6.45) is 2.23. The van der Waals surface area contributed by atoms with Crippen LogP contribution in [0, 0.1) is 0 Å².